The summed E-state index contributed by atoms with van der Waals surface area (Å²) in [5.74, 6) is -1.35. The summed E-state index contributed by atoms with van der Waals surface area (Å²) in [6.45, 7) is 5.43. The number of aromatic amines is 1. The zero-order valence-corrected chi connectivity index (χ0v) is 28.1. The third-order valence-electron chi connectivity index (χ3n) is 7.18. The first-order valence-corrected chi connectivity index (χ1v) is 15.6. The lowest BCUT2D eigenvalue weighted by molar-refractivity contribution is 0.0542. The van der Waals surface area contributed by atoms with Gasteiger partial charge in [-0.05, 0) is 80.4 Å². The SMILES string of the molecule is C.COC(=O)c1ccnc(Cc2ccc3c(c2)c(Cl)cn3C(=O)OC(C)(C)C)c1.O=C(O)c1ccnc(Cc2ccc3[nH]cc(Cl)c3c2)c1. The lowest BCUT2D eigenvalue weighted by Gasteiger charge is -2.19. The molecular weight excluding hydrogens is 667 g/mol. The van der Waals surface area contributed by atoms with E-state index in [1.54, 1.807) is 36.8 Å². The smallest absolute Gasteiger partial charge is 0.419 e. The summed E-state index contributed by atoms with van der Waals surface area (Å²) < 4.78 is 11.6. The molecule has 0 fully saturated rings. The first-order valence-electron chi connectivity index (χ1n) is 14.8. The molecule has 0 saturated heterocycles. The Bertz CT molecular complexity index is 2150. The second-order valence-corrected chi connectivity index (χ2v) is 12.7. The number of carboxylic acids is 1. The minimum atomic E-state index is -0.946. The number of methoxy groups -OCH3 is 1. The highest BCUT2D eigenvalue weighted by atomic mass is 35.5. The van der Waals surface area contributed by atoms with Crippen molar-refractivity contribution in [1.29, 1.82) is 0 Å². The Morgan fingerprint density at radius 1 is 0.837 bits per heavy atom. The summed E-state index contributed by atoms with van der Waals surface area (Å²) in [5.41, 5.74) is 5.17. The van der Waals surface area contributed by atoms with Crippen LogP contribution in [-0.2, 0) is 22.3 Å². The van der Waals surface area contributed by atoms with Crippen LogP contribution in [0.25, 0.3) is 21.8 Å². The van der Waals surface area contributed by atoms with E-state index in [9.17, 15) is 14.4 Å². The summed E-state index contributed by atoms with van der Waals surface area (Å²) in [6.07, 6.45) is 6.99. The molecule has 6 aromatic rings. The number of ether oxygens (including phenoxy) is 2. The van der Waals surface area contributed by atoms with Crippen LogP contribution in [0.4, 0.5) is 4.79 Å². The minimum Gasteiger partial charge on any atom is -0.478 e. The maximum absolute atomic E-state index is 12.4. The molecule has 0 aliphatic heterocycles. The molecule has 0 aliphatic carbocycles. The van der Waals surface area contributed by atoms with E-state index < -0.39 is 23.6 Å². The maximum Gasteiger partial charge on any atom is 0.419 e. The van der Waals surface area contributed by atoms with Gasteiger partial charge in [0.25, 0.3) is 0 Å². The first-order chi connectivity index (χ1) is 22.8. The number of fused-ring (bicyclic) bond motifs is 2. The van der Waals surface area contributed by atoms with Gasteiger partial charge in [0, 0.05) is 65.3 Å². The van der Waals surface area contributed by atoms with Gasteiger partial charge in [-0.15, -0.1) is 0 Å². The molecule has 49 heavy (non-hydrogen) atoms. The van der Waals surface area contributed by atoms with Gasteiger partial charge in [-0.2, -0.15) is 0 Å². The van der Waals surface area contributed by atoms with Crippen LogP contribution in [0.1, 0.15) is 71.4 Å². The predicted octanol–water partition coefficient (Wildman–Crippen LogP) is 8.99. The zero-order valence-electron chi connectivity index (χ0n) is 26.6. The Morgan fingerprint density at radius 2 is 1.43 bits per heavy atom. The van der Waals surface area contributed by atoms with Gasteiger partial charge >= 0.3 is 18.0 Å². The molecule has 0 saturated carbocycles. The molecular formula is C37H36Cl2N4O6. The van der Waals surface area contributed by atoms with Crippen LogP contribution in [0.2, 0.25) is 10.0 Å². The van der Waals surface area contributed by atoms with E-state index in [4.69, 9.17) is 37.8 Å². The Morgan fingerprint density at radius 3 is 2.04 bits per heavy atom. The summed E-state index contributed by atoms with van der Waals surface area (Å²) in [6, 6.07) is 17.9. The Hall–Kier alpha value is -5.19. The van der Waals surface area contributed by atoms with E-state index in [0.29, 0.717) is 34.0 Å². The third kappa shape index (κ3) is 9.04. The number of aromatic carboxylic acids is 1. The number of nitrogens with one attached hydrogen (secondary N) is 1. The molecule has 12 heteroatoms. The van der Waals surface area contributed by atoms with Gasteiger partial charge in [0.1, 0.15) is 5.60 Å². The number of carbonyl (C=O) groups excluding carboxylic acids is 2. The molecule has 0 amide bonds. The van der Waals surface area contributed by atoms with Gasteiger partial charge in [0.15, 0.2) is 0 Å². The molecule has 0 radical (unpaired) electrons. The van der Waals surface area contributed by atoms with Gasteiger partial charge in [-0.25, -0.2) is 14.4 Å². The number of hydrogen-bond acceptors (Lipinski definition) is 7. The van der Waals surface area contributed by atoms with Crippen molar-refractivity contribution in [3.05, 3.63) is 129 Å². The van der Waals surface area contributed by atoms with Crippen molar-refractivity contribution < 1.29 is 29.0 Å². The third-order valence-corrected chi connectivity index (χ3v) is 7.79. The van der Waals surface area contributed by atoms with E-state index in [1.807, 2.05) is 57.2 Å². The summed E-state index contributed by atoms with van der Waals surface area (Å²) in [4.78, 5) is 46.6. The highest BCUT2D eigenvalue weighted by Crippen LogP contribution is 2.29. The lowest BCUT2D eigenvalue weighted by Crippen LogP contribution is -2.26. The quantitative estimate of drug-likeness (QED) is 0.164. The van der Waals surface area contributed by atoms with Crippen molar-refractivity contribution in [2.24, 2.45) is 0 Å². The number of esters is 1. The molecule has 0 unspecified atom stereocenters. The van der Waals surface area contributed by atoms with Gasteiger partial charge in [-0.3, -0.25) is 14.5 Å². The molecule has 0 bridgehead atoms. The monoisotopic (exact) mass is 702 g/mol. The number of halogens is 2. The largest absolute Gasteiger partial charge is 0.478 e. The van der Waals surface area contributed by atoms with Gasteiger partial charge in [0.05, 0.1) is 33.8 Å². The molecule has 2 N–H and O–H groups in total. The zero-order chi connectivity index (χ0) is 34.6. The number of carbonyl (C=O) groups is 3. The average molecular weight is 704 g/mol. The predicted molar refractivity (Wildman–Crippen MR) is 191 cm³/mol. The van der Waals surface area contributed by atoms with E-state index in [2.05, 4.69) is 15.0 Å². The van der Waals surface area contributed by atoms with Crippen molar-refractivity contribution in [3.8, 4) is 0 Å². The Kier molecular flexibility index (Phi) is 11.5. The van der Waals surface area contributed by atoms with Crippen LogP contribution in [0, 0.1) is 0 Å². The summed E-state index contributed by atoms with van der Waals surface area (Å²) in [7, 11) is 1.34. The number of carboxylic acid groups (broad SMARTS) is 1. The number of H-pyrrole nitrogens is 1. The normalized spacial score (nSPS) is 11.0. The number of pyridine rings is 2. The van der Waals surface area contributed by atoms with Gasteiger partial charge < -0.3 is 19.6 Å². The highest BCUT2D eigenvalue weighted by Gasteiger charge is 2.21. The second kappa shape index (κ2) is 15.4. The van der Waals surface area contributed by atoms with Crippen LogP contribution in [-0.4, -0.2) is 55.4 Å². The maximum atomic E-state index is 12.4. The van der Waals surface area contributed by atoms with E-state index in [1.165, 1.54) is 23.9 Å². The second-order valence-electron chi connectivity index (χ2n) is 11.9. The van der Waals surface area contributed by atoms with E-state index in [-0.39, 0.29) is 13.0 Å². The molecule has 0 spiro atoms. The first kappa shape index (κ1) is 36.6. The number of hydrogen-bond donors (Lipinski definition) is 2. The number of benzene rings is 2. The van der Waals surface area contributed by atoms with Crippen LogP contribution >= 0.6 is 23.2 Å². The summed E-state index contributed by atoms with van der Waals surface area (Å²) >= 11 is 12.4. The van der Waals surface area contributed by atoms with Crippen molar-refractivity contribution in [2.75, 3.05) is 7.11 Å². The molecule has 6 rings (SSSR count). The molecule has 2 aromatic carbocycles. The molecule has 254 valence electrons. The molecule has 4 heterocycles. The number of nitrogens with zero attached hydrogens (tertiary/aromatic N) is 3. The van der Waals surface area contributed by atoms with Gasteiger partial charge in [0.2, 0.25) is 0 Å². The van der Waals surface area contributed by atoms with Crippen molar-refractivity contribution in [2.45, 2.75) is 46.6 Å². The minimum absolute atomic E-state index is 0. The topological polar surface area (TPSA) is 136 Å². The molecule has 4 aromatic heterocycles. The standard InChI is InChI=1S/C21H21ClN2O4.C15H11ClN2O2.CH4/c1-21(2,3)28-20(26)24-12-17(22)16-10-13(5-6-18(16)24)9-15-11-14(7-8-23-15)19(25)27-4;16-13-8-18-14-2-1-9(6-12(13)14)5-11-7-10(15(19)20)3-4-17-11;/h5-8,10-12H,9H2,1-4H3;1-4,6-8,18H,5H2,(H,19,20);1H4. The highest BCUT2D eigenvalue weighted by molar-refractivity contribution is 6.36. The van der Waals surface area contributed by atoms with Crippen LogP contribution < -0.4 is 0 Å². The van der Waals surface area contributed by atoms with Crippen molar-refractivity contribution in [1.82, 2.24) is 19.5 Å². The van der Waals surface area contributed by atoms with Crippen molar-refractivity contribution >= 4 is 63.0 Å². The molecule has 0 aliphatic rings. The lowest BCUT2D eigenvalue weighted by atomic mass is 10.1. The van der Waals surface area contributed by atoms with Gasteiger partial charge in [-0.1, -0.05) is 42.8 Å². The Balaban J connectivity index is 0.000000227. The fraction of sp³-hybridized carbons (Fsp3) is 0.216. The number of rotatable bonds is 6. The van der Waals surface area contributed by atoms with Crippen molar-refractivity contribution in [3.63, 3.8) is 0 Å². The summed E-state index contributed by atoms with van der Waals surface area (Å²) in [5, 5.41) is 11.8. The van der Waals surface area contributed by atoms with Crippen LogP contribution in [0.15, 0.2) is 85.5 Å². The Labute approximate surface area is 293 Å². The fourth-order valence-corrected chi connectivity index (χ4v) is 5.46. The average Bonchev–Trinajstić information content (AvgIpc) is 3.59. The van der Waals surface area contributed by atoms with Crippen LogP contribution in [0.3, 0.4) is 0 Å². The molecule has 0 atom stereocenters. The molecule has 10 nitrogen and oxygen atoms in total. The number of aromatic nitrogens is 4. The fourth-order valence-electron chi connectivity index (χ4n) is 5.00. The van der Waals surface area contributed by atoms with E-state index >= 15 is 0 Å². The van der Waals surface area contributed by atoms with Crippen LogP contribution in [0.5, 0.6) is 0 Å². The van der Waals surface area contributed by atoms with E-state index in [0.717, 1.165) is 38.8 Å².